The number of carbonyl (C=O) groups excluding carboxylic acids is 1. The van der Waals surface area contributed by atoms with E-state index in [2.05, 4.69) is 0 Å². The maximum atomic E-state index is 13.1. The number of hydrogen-bond acceptors (Lipinski definition) is 1. The van der Waals surface area contributed by atoms with E-state index >= 15 is 0 Å². The summed E-state index contributed by atoms with van der Waals surface area (Å²) in [6.07, 6.45) is 0.888. The van der Waals surface area contributed by atoms with Crippen LogP contribution < -0.4 is 4.90 Å². The van der Waals surface area contributed by atoms with Crippen LogP contribution in [-0.4, -0.2) is 12.5 Å². The number of halogens is 2. The van der Waals surface area contributed by atoms with E-state index in [-0.39, 0.29) is 24.0 Å². The molecule has 2 nitrogen and oxygen atoms in total. The highest BCUT2D eigenvalue weighted by Crippen LogP contribution is 2.29. The number of amides is 1. The van der Waals surface area contributed by atoms with Crippen molar-refractivity contribution >= 4 is 11.6 Å². The van der Waals surface area contributed by atoms with Crippen molar-refractivity contribution in [2.24, 2.45) is 0 Å². The van der Waals surface area contributed by atoms with Crippen molar-refractivity contribution in [3.63, 3.8) is 0 Å². The van der Waals surface area contributed by atoms with Crippen LogP contribution in [0.2, 0.25) is 0 Å². The molecule has 0 saturated carbocycles. The molecule has 0 unspecified atom stereocenters. The number of nitrogens with zero attached hydrogens (tertiary/aromatic N) is 1. The van der Waals surface area contributed by atoms with Gasteiger partial charge in [0, 0.05) is 12.2 Å². The van der Waals surface area contributed by atoms with Crippen molar-refractivity contribution < 1.29 is 13.6 Å². The molecule has 0 spiro atoms. The van der Waals surface area contributed by atoms with Gasteiger partial charge < -0.3 is 4.90 Å². The summed E-state index contributed by atoms with van der Waals surface area (Å²) < 4.78 is 26.0. The van der Waals surface area contributed by atoms with Crippen molar-refractivity contribution in [3.05, 3.63) is 65.2 Å². The molecule has 1 aliphatic heterocycles. The summed E-state index contributed by atoms with van der Waals surface area (Å²) in [5, 5.41) is 0. The minimum Gasteiger partial charge on any atom is -0.312 e. The zero-order valence-electron chi connectivity index (χ0n) is 10.8. The first-order valence-corrected chi connectivity index (χ1v) is 6.47. The molecule has 1 heterocycles. The van der Waals surface area contributed by atoms with E-state index in [0.717, 1.165) is 16.8 Å². The maximum absolute atomic E-state index is 13.1. The third-order valence-electron chi connectivity index (χ3n) is 3.51. The van der Waals surface area contributed by atoms with Crippen LogP contribution in [0.3, 0.4) is 0 Å². The van der Waals surface area contributed by atoms with Gasteiger partial charge >= 0.3 is 0 Å². The Bertz CT molecular complexity index is 652. The van der Waals surface area contributed by atoms with E-state index < -0.39 is 0 Å². The molecule has 2 aromatic rings. The van der Waals surface area contributed by atoms with Gasteiger partial charge in [-0.1, -0.05) is 12.1 Å². The van der Waals surface area contributed by atoms with Crippen molar-refractivity contribution in [2.75, 3.05) is 11.4 Å². The van der Waals surface area contributed by atoms with E-state index in [1.807, 2.05) is 0 Å². The highest BCUT2D eigenvalue weighted by Gasteiger charge is 2.24. The molecule has 0 N–H and O–H groups in total. The van der Waals surface area contributed by atoms with Crippen LogP contribution in [0, 0.1) is 11.6 Å². The summed E-state index contributed by atoms with van der Waals surface area (Å²) in [7, 11) is 0. The van der Waals surface area contributed by atoms with Gasteiger partial charge in [0.1, 0.15) is 11.6 Å². The van der Waals surface area contributed by atoms with Gasteiger partial charge in [-0.3, -0.25) is 4.79 Å². The lowest BCUT2D eigenvalue weighted by Gasteiger charge is -2.17. The van der Waals surface area contributed by atoms with Crippen molar-refractivity contribution in [1.82, 2.24) is 0 Å². The molecule has 0 aliphatic carbocycles. The van der Waals surface area contributed by atoms with Gasteiger partial charge in [-0.25, -0.2) is 8.78 Å². The normalized spacial score (nSPS) is 13.4. The first-order chi connectivity index (χ1) is 9.63. The summed E-state index contributed by atoms with van der Waals surface area (Å²) in [4.78, 5) is 14.0. The minimum atomic E-state index is -0.316. The zero-order chi connectivity index (χ0) is 14.1. The fraction of sp³-hybridized carbons (Fsp3) is 0.188. The molecule has 0 bridgehead atoms. The molecule has 4 heteroatoms. The molecule has 0 atom stereocenters. The summed E-state index contributed by atoms with van der Waals surface area (Å²) in [5.41, 5.74) is 2.41. The SMILES string of the molecule is O=C(Cc1ccc(F)cc1)N1CCc2cc(F)ccc21. The van der Waals surface area contributed by atoms with Crippen molar-refractivity contribution in [3.8, 4) is 0 Å². The van der Waals surface area contributed by atoms with Crippen LogP contribution in [0.15, 0.2) is 42.5 Å². The van der Waals surface area contributed by atoms with E-state index in [4.69, 9.17) is 0 Å². The molecule has 1 amide bonds. The van der Waals surface area contributed by atoms with Gasteiger partial charge in [0.25, 0.3) is 0 Å². The molecule has 1 aliphatic rings. The van der Waals surface area contributed by atoms with Crippen LogP contribution in [0.1, 0.15) is 11.1 Å². The molecule has 2 aromatic carbocycles. The van der Waals surface area contributed by atoms with E-state index in [0.29, 0.717) is 13.0 Å². The van der Waals surface area contributed by atoms with Crippen molar-refractivity contribution in [2.45, 2.75) is 12.8 Å². The Morgan fingerprint density at radius 2 is 1.75 bits per heavy atom. The highest BCUT2D eigenvalue weighted by molar-refractivity contribution is 5.96. The second-order valence-corrected chi connectivity index (χ2v) is 4.87. The van der Waals surface area contributed by atoms with Gasteiger partial charge in [0.05, 0.1) is 6.42 Å². The van der Waals surface area contributed by atoms with Crippen LogP contribution in [0.25, 0.3) is 0 Å². The zero-order valence-corrected chi connectivity index (χ0v) is 10.8. The molecular weight excluding hydrogens is 260 g/mol. The Labute approximate surface area is 115 Å². The summed E-state index contributed by atoms with van der Waals surface area (Å²) in [5.74, 6) is -0.651. The quantitative estimate of drug-likeness (QED) is 0.823. The number of hydrogen-bond donors (Lipinski definition) is 0. The first kappa shape index (κ1) is 12.8. The number of fused-ring (bicyclic) bond motifs is 1. The third-order valence-corrected chi connectivity index (χ3v) is 3.51. The number of rotatable bonds is 2. The Kier molecular flexibility index (Phi) is 3.22. The average Bonchev–Trinajstić information content (AvgIpc) is 2.84. The van der Waals surface area contributed by atoms with Crippen LogP contribution in [0.5, 0.6) is 0 Å². The first-order valence-electron chi connectivity index (χ1n) is 6.47. The van der Waals surface area contributed by atoms with Gasteiger partial charge in [0.2, 0.25) is 5.91 Å². The summed E-state index contributed by atoms with van der Waals surface area (Å²) in [6, 6.07) is 10.4. The molecule has 0 fully saturated rings. The Morgan fingerprint density at radius 1 is 1.05 bits per heavy atom. The maximum Gasteiger partial charge on any atom is 0.231 e. The summed E-state index contributed by atoms with van der Waals surface area (Å²) >= 11 is 0. The predicted molar refractivity (Wildman–Crippen MR) is 72.6 cm³/mol. The molecule has 102 valence electrons. The Hall–Kier alpha value is -2.23. The lowest BCUT2D eigenvalue weighted by Crippen LogP contribution is -2.30. The molecular formula is C16H13F2NO. The highest BCUT2D eigenvalue weighted by atomic mass is 19.1. The second-order valence-electron chi connectivity index (χ2n) is 4.87. The van der Waals surface area contributed by atoms with E-state index in [1.54, 1.807) is 23.1 Å². The molecule has 3 rings (SSSR count). The van der Waals surface area contributed by atoms with Gasteiger partial charge in [-0.05, 0) is 47.9 Å². The van der Waals surface area contributed by atoms with Crippen LogP contribution in [0.4, 0.5) is 14.5 Å². The average molecular weight is 273 g/mol. The number of benzene rings is 2. The summed E-state index contributed by atoms with van der Waals surface area (Å²) in [6.45, 7) is 0.568. The molecule has 0 saturated heterocycles. The fourth-order valence-corrected chi connectivity index (χ4v) is 2.50. The third kappa shape index (κ3) is 2.41. The van der Waals surface area contributed by atoms with E-state index in [9.17, 15) is 13.6 Å². The monoisotopic (exact) mass is 273 g/mol. The van der Waals surface area contributed by atoms with Gasteiger partial charge in [-0.15, -0.1) is 0 Å². The number of anilines is 1. The van der Waals surface area contributed by atoms with Gasteiger partial charge in [0.15, 0.2) is 0 Å². The van der Waals surface area contributed by atoms with E-state index in [1.165, 1.54) is 24.3 Å². The lowest BCUT2D eigenvalue weighted by atomic mass is 10.1. The van der Waals surface area contributed by atoms with Gasteiger partial charge in [-0.2, -0.15) is 0 Å². The Balaban J connectivity index is 1.78. The number of carbonyl (C=O) groups is 1. The topological polar surface area (TPSA) is 20.3 Å². The standard InChI is InChI=1S/C16H13F2NO/c17-13-3-1-11(2-4-13)9-16(20)19-8-7-12-10-14(18)5-6-15(12)19/h1-6,10H,7-9H2. The van der Waals surface area contributed by atoms with Crippen LogP contribution in [-0.2, 0) is 17.6 Å². The van der Waals surface area contributed by atoms with Crippen molar-refractivity contribution in [1.29, 1.82) is 0 Å². The molecule has 0 radical (unpaired) electrons. The second kappa shape index (κ2) is 5.04. The molecule has 0 aromatic heterocycles. The van der Waals surface area contributed by atoms with Crippen LogP contribution >= 0.6 is 0 Å². The molecule has 20 heavy (non-hydrogen) atoms. The Morgan fingerprint density at radius 3 is 2.50 bits per heavy atom. The fourth-order valence-electron chi connectivity index (χ4n) is 2.50. The lowest BCUT2D eigenvalue weighted by molar-refractivity contribution is -0.117. The smallest absolute Gasteiger partial charge is 0.231 e. The largest absolute Gasteiger partial charge is 0.312 e. The minimum absolute atomic E-state index is 0.0537. The predicted octanol–water partition coefficient (Wildman–Crippen LogP) is 3.10.